The molecule has 0 aliphatic carbocycles. The second-order valence-corrected chi connectivity index (χ2v) is 5.27. The number of sulfone groups is 1. The third-order valence-electron chi connectivity index (χ3n) is 2.14. The third-order valence-corrected chi connectivity index (χ3v) is 3.29. The van der Waals surface area contributed by atoms with Crippen molar-refractivity contribution < 1.29 is 13.2 Å². The molecule has 6 heteroatoms. The normalized spacial score (nSPS) is 11.3. The third kappa shape index (κ3) is 2.10. The van der Waals surface area contributed by atoms with Gasteiger partial charge in [0.05, 0.1) is 10.6 Å². The number of rotatable bonds is 2. The molecule has 0 aliphatic rings. The van der Waals surface area contributed by atoms with E-state index in [-0.39, 0.29) is 16.1 Å². The van der Waals surface area contributed by atoms with Crippen LogP contribution < -0.4 is 11.5 Å². The minimum atomic E-state index is -3.38. The maximum atomic E-state index is 11.3. The van der Waals surface area contributed by atoms with Crippen molar-refractivity contribution in [1.29, 1.82) is 0 Å². The molecule has 0 bridgehead atoms. The Labute approximate surface area is 88.0 Å². The van der Waals surface area contributed by atoms with Gasteiger partial charge in [-0.3, -0.25) is 4.79 Å². The molecule has 5 nitrogen and oxygen atoms in total. The molecule has 1 rings (SSSR count). The van der Waals surface area contributed by atoms with E-state index in [4.69, 9.17) is 11.5 Å². The van der Waals surface area contributed by atoms with Crippen LogP contribution in [0.25, 0.3) is 0 Å². The SMILES string of the molecule is Cc1c(C(N)=O)ccc(S(C)(=O)=O)c1N. The molecule has 0 saturated heterocycles. The van der Waals surface area contributed by atoms with E-state index in [1.54, 1.807) is 6.92 Å². The molecule has 0 atom stereocenters. The Bertz CT molecular complexity index is 520. The van der Waals surface area contributed by atoms with Gasteiger partial charge in [0, 0.05) is 11.8 Å². The molecule has 1 aromatic carbocycles. The Hall–Kier alpha value is -1.56. The second kappa shape index (κ2) is 3.54. The van der Waals surface area contributed by atoms with E-state index in [2.05, 4.69) is 0 Å². The lowest BCUT2D eigenvalue weighted by Crippen LogP contribution is -2.15. The van der Waals surface area contributed by atoms with Crippen LogP contribution in [0.15, 0.2) is 17.0 Å². The fourth-order valence-electron chi connectivity index (χ4n) is 1.29. The lowest BCUT2D eigenvalue weighted by atomic mass is 10.1. The topological polar surface area (TPSA) is 103 Å². The summed E-state index contributed by atoms with van der Waals surface area (Å²) in [6, 6.07) is 2.65. The van der Waals surface area contributed by atoms with Crippen molar-refractivity contribution in [2.24, 2.45) is 5.73 Å². The van der Waals surface area contributed by atoms with Crippen LogP contribution in [0.4, 0.5) is 5.69 Å². The van der Waals surface area contributed by atoms with Gasteiger partial charge < -0.3 is 11.5 Å². The molecule has 1 aromatic rings. The van der Waals surface area contributed by atoms with Gasteiger partial charge in [-0.2, -0.15) is 0 Å². The van der Waals surface area contributed by atoms with E-state index >= 15 is 0 Å². The zero-order chi connectivity index (χ0) is 11.8. The monoisotopic (exact) mass is 228 g/mol. The highest BCUT2D eigenvalue weighted by Crippen LogP contribution is 2.24. The number of anilines is 1. The molecule has 1 amide bonds. The highest BCUT2D eigenvalue weighted by atomic mass is 32.2. The van der Waals surface area contributed by atoms with Gasteiger partial charge in [-0.1, -0.05) is 0 Å². The molecule has 0 saturated carbocycles. The molecule has 4 N–H and O–H groups in total. The van der Waals surface area contributed by atoms with Crippen LogP contribution in [-0.4, -0.2) is 20.6 Å². The smallest absolute Gasteiger partial charge is 0.249 e. The molecule has 82 valence electrons. The Balaban J connectivity index is 3.55. The van der Waals surface area contributed by atoms with Gasteiger partial charge in [0.25, 0.3) is 0 Å². The van der Waals surface area contributed by atoms with Gasteiger partial charge in [-0.25, -0.2) is 8.42 Å². The molecule has 0 radical (unpaired) electrons. The number of hydrogen-bond acceptors (Lipinski definition) is 4. The quantitative estimate of drug-likeness (QED) is 0.699. The Kier molecular flexibility index (Phi) is 2.72. The van der Waals surface area contributed by atoms with Gasteiger partial charge in [0.2, 0.25) is 5.91 Å². The Morgan fingerprint density at radius 1 is 1.33 bits per heavy atom. The highest BCUT2D eigenvalue weighted by Gasteiger charge is 2.16. The second-order valence-electron chi connectivity index (χ2n) is 3.29. The molecule has 0 aromatic heterocycles. The standard InChI is InChI=1S/C9H12N2O3S/c1-5-6(9(11)12)3-4-7(8(5)10)15(2,13)14/h3-4H,10H2,1-2H3,(H2,11,12). The van der Waals surface area contributed by atoms with Crippen LogP contribution in [-0.2, 0) is 9.84 Å². The van der Waals surface area contributed by atoms with Crippen molar-refractivity contribution in [3.63, 3.8) is 0 Å². The Morgan fingerprint density at radius 2 is 1.87 bits per heavy atom. The predicted molar refractivity (Wildman–Crippen MR) is 57.2 cm³/mol. The molecule has 15 heavy (non-hydrogen) atoms. The van der Waals surface area contributed by atoms with Crippen LogP contribution in [0.2, 0.25) is 0 Å². The average Bonchev–Trinajstić information content (AvgIpc) is 2.06. The molecule has 0 aliphatic heterocycles. The summed E-state index contributed by atoms with van der Waals surface area (Å²) in [7, 11) is -3.38. The van der Waals surface area contributed by atoms with Crippen LogP contribution in [0, 0.1) is 6.92 Å². The van der Waals surface area contributed by atoms with Crippen molar-refractivity contribution in [2.45, 2.75) is 11.8 Å². The average molecular weight is 228 g/mol. The summed E-state index contributed by atoms with van der Waals surface area (Å²) in [6.45, 7) is 1.56. The first kappa shape index (κ1) is 11.5. The van der Waals surface area contributed by atoms with Crippen LogP contribution in [0.1, 0.15) is 15.9 Å². The van der Waals surface area contributed by atoms with Crippen LogP contribution in [0.5, 0.6) is 0 Å². The molecule has 0 spiro atoms. The first-order valence-electron chi connectivity index (χ1n) is 4.14. The summed E-state index contributed by atoms with van der Waals surface area (Å²) in [5, 5.41) is 0. The van der Waals surface area contributed by atoms with Crippen molar-refractivity contribution in [3.05, 3.63) is 23.3 Å². The number of nitrogen functional groups attached to an aromatic ring is 1. The number of nitrogens with two attached hydrogens (primary N) is 2. The van der Waals surface area contributed by atoms with Crippen LogP contribution >= 0.6 is 0 Å². The first-order chi connectivity index (χ1) is 6.75. The number of carbonyl (C=O) groups is 1. The van der Waals surface area contributed by atoms with E-state index in [1.807, 2.05) is 0 Å². The van der Waals surface area contributed by atoms with Crippen molar-refractivity contribution in [1.82, 2.24) is 0 Å². The molecule has 0 heterocycles. The van der Waals surface area contributed by atoms with E-state index in [9.17, 15) is 13.2 Å². The number of primary amides is 1. The van der Waals surface area contributed by atoms with E-state index in [0.29, 0.717) is 5.56 Å². The Morgan fingerprint density at radius 3 is 2.27 bits per heavy atom. The molecular formula is C9H12N2O3S. The summed E-state index contributed by atoms with van der Waals surface area (Å²) in [5.74, 6) is -0.626. The highest BCUT2D eigenvalue weighted by molar-refractivity contribution is 7.90. The van der Waals surface area contributed by atoms with Gasteiger partial charge in [0.1, 0.15) is 0 Å². The van der Waals surface area contributed by atoms with Crippen molar-refractivity contribution in [2.75, 3.05) is 12.0 Å². The molecule has 0 unspecified atom stereocenters. The lowest BCUT2D eigenvalue weighted by molar-refractivity contribution is 0.0999. The summed E-state index contributed by atoms with van der Waals surface area (Å²) < 4.78 is 22.6. The fraction of sp³-hybridized carbons (Fsp3) is 0.222. The van der Waals surface area contributed by atoms with E-state index in [1.165, 1.54) is 12.1 Å². The summed E-state index contributed by atoms with van der Waals surface area (Å²) in [6.07, 6.45) is 1.06. The minimum Gasteiger partial charge on any atom is -0.397 e. The number of benzene rings is 1. The van der Waals surface area contributed by atoms with Crippen molar-refractivity contribution in [3.8, 4) is 0 Å². The lowest BCUT2D eigenvalue weighted by Gasteiger charge is -2.09. The van der Waals surface area contributed by atoms with Gasteiger partial charge >= 0.3 is 0 Å². The predicted octanol–water partition coefficient (Wildman–Crippen LogP) is 0.0796. The minimum absolute atomic E-state index is 0.0185. The zero-order valence-electron chi connectivity index (χ0n) is 8.44. The van der Waals surface area contributed by atoms with Gasteiger partial charge in [-0.15, -0.1) is 0 Å². The van der Waals surface area contributed by atoms with E-state index < -0.39 is 15.7 Å². The maximum absolute atomic E-state index is 11.3. The molecular weight excluding hydrogens is 216 g/mol. The number of amides is 1. The first-order valence-corrected chi connectivity index (χ1v) is 6.03. The summed E-state index contributed by atoms with van der Waals surface area (Å²) in [4.78, 5) is 11.0. The summed E-state index contributed by atoms with van der Waals surface area (Å²) >= 11 is 0. The molecule has 0 fully saturated rings. The largest absolute Gasteiger partial charge is 0.397 e. The number of carbonyl (C=O) groups excluding carboxylic acids is 1. The summed E-state index contributed by atoms with van der Waals surface area (Å²) in [5.41, 5.74) is 11.4. The van der Waals surface area contributed by atoms with Crippen LogP contribution in [0.3, 0.4) is 0 Å². The van der Waals surface area contributed by atoms with Gasteiger partial charge in [-0.05, 0) is 24.6 Å². The van der Waals surface area contributed by atoms with Crippen molar-refractivity contribution >= 4 is 21.4 Å². The van der Waals surface area contributed by atoms with E-state index in [0.717, 1.165) is 6.26 Å². The zero-order valence-corrected chi connectivity index (χ0v) is 9.26. The van der Waals surface area contributed by atoms with Gasteiger partial charge in [0.15, 0.2) is 9.84 Å². The fourth-order valence-corrected chi connectivity index (χ4v) is 2.16. The maximum Gasteiger partial charge on any atom is 0.249 e. The number of hydrogen-bond donors (Lipinski definition) is 2.